The van der Waals surface area contributed by atoms with E-state index in [-0.39, 0.29) is 0 Å². The fourth-order valence-corrected chi connectivity index (χ4v) is 4.34. The average Bonchev–Trinajstić information content (AvgIpc) is 2.52. The maximum Gasteiger partial charge on any atom is 0.243 e. The Balaban J connectivity index is 2.29. The molecule has 0 saturated heterocycles. The second kappa shape index (κ2) is 7.36. The highest BCUT2D eigenvalue weighted by Gasteiger charge is 2.24. The summed E-state index contributed by atoms with van der Waals surface area (Å²) < 4.78 is 27.5. The van der Waals surface area contributed by atoms with Crippen LogP contribution in [0.3, 0.4) is 0 Å². The van der Waals surface area contributed by atoms with Crippen molar-refractivity contribution in [3.63, 3.8) is 0 Å². The van der Waals surface area contributed by atoms with E-state index in [0.29, 0.717) is 18.0 Å². The number of benzene rings is 2. The molecule has 0 unspecified atom stereocenters. The molecule has 0 heterocycles. The average molecular weight is 346 g/mol. The van der Waals surface area contributed by atoms with Crippen LogP contribution in [0.5, 0.6) is 0 Å². The zero-order valence-corrected chi connectivity index (χ0v) is 15.9. The number of rotatable bonds is 6. The highest BCUT2D eigenvalue weighted by Crippen LogP contribution is 2.23. The van der Waals surface area contributed by atoms with Crippen LogP contribution in [-0.4, -0.2) is 33.4 Å². The molecule has 0 bridgehead atoms. The highest BCUT2D eigenvalue weighted by atomic mass is 32.2. The summed E-state index contributed by atoms with van der Waals surface area (Å²) in [6.45, 7) is 6.49. The summed E-state index contributed by atoms with van der Waals surface area (Å²) >= 11 is 0. The molecule has 0 aromatic heterocycles. The maximum absolute atomic E-state index is 13.0. The molecule has 0 N–H and O–H groups in total. The number of nitrogens with zero attached hydrogens (tertiary/aromatic N) is 2. The first kappa shape index (κ1) is 18.5. The van der Waals surface area contributed by atoms with Crippen molar-refractivity contribution in [3.8, 4) is 0 Å². The molecule has 2 rings (SSSR count). The number of hydrogen-bond donors (Lipinski definition) is 0. The van der Waals surface area contributed by atoms with Crippen LogP contribution in [-0.2, 0) is 16.6 Å². The van der Waals surface area contributed by atoms with E-state index in [1.807, 2.05) is 76.2 Å². The first-order valence-electron chi connectivity index (χ1n) is 8.09. The van der Waals surface area contributed by atoms with Gasteiger partial charge in [-0.1, -0.05) is 36.8 Å². The minimum absolute atomic E-state index is 0.375. The Bertz CT molecular complexity index is 797. The summed E-state index contributed by atoms with van der Waals surface area (Å²) in [4.78, 5) is 2.41. The maximum atomic E-state index is 13.0. The summed E-state index contributed by atoms with van der Waals surface area (Å²) in [5.41, 5.74) is 3.93. The minimum atomic E-state index is -3.50. The summed E-state index contributed by atoms with van der Waals surface area (Å²) in [6.07, 6.45) is 0. The van der Waals surface area contributed by atoms with Gasteiger partial charge in [0.25, 0.3) is 0 Å². The first-order chi connectivity index (χ1) is 11.3. The SMILES string of the molecule is CCN(Cc1ccc(N(C)C)cc1)S(=O)(=O)c1ccc(C)cc1C. The molecule has 0 amide bonds. The zero-order chi connectivity index (χ0) is 17.9. The predicted octanol–water partition coefficient (Wildman–Crippen LogP) is 3.58. The van der Waals surface area contributed by atoms with Crippen molar-refractivity contribution >= 4 is 15.7 Å². The van der Waals surface area contributed by atoms with Crippen molar-refractivity contribution in [2.24, 2.45) is 0 Å². The van der Waals surface area contributed by atoms with Gasteiger partial charge in [-0.3, -0.25) is 0 Å². The Morgan fingerprint density at radius 1 is 0.958 bits per heavy atom. The molecule has 5 heteroatoms. The van der Waals surface area contributed by atoms with Gasteiger partial charge in [0.2, 0.25) is 10.0 Å². The quantitative estimate of drug-likeness (QED) is 0.803. The minimum Gasteiger partial charge on any atom is -0.378 e. The molecule has 0 spiro atoms. The van der Waals surface area contributed by atoms with E-state index in [0.717, 1.165) is 22.4 Å². The van der Waals surface area contributed by atoms with Gasteiger partial charge in [0.05, 0.1) is 4.90 Å². The molecule has 0 saturated carbocycles. The lowest BCUT2D eigenvalue weighted by molar-refractivity contribution is 0.423. The molecule has 130 valence electrons. The smallest absolute Gasteiger partial charge is 0.243 e. The number of hydrogen-bond acceptors (Lipinski definition) is 3. The molecule has 0 radical (unpaired) electrons. The fraction of sp³-hybridized carbons (Fsp3) is 0.368. The molecule has 0 aliphatic carbocycles. The second-order valence-electron chi connectivity index (χ2n) is 6.26. The number of sulfonamides is 1. The Kier molecular flexibility index (Phi) is 5.67. The summed E-state index contributed by atoms with van der Waals surface area (Å²) in [5, 5.41) is 0. The largest absolute Gasteiger partial charge is 0.378 e. The van der Waals surface area contributed by atoms with Crippen molar-refractivity contribution in [3.05, 3.63) is 59.2 Å². The molecule has 0 aliphatic heterocycles. The van der Waals surface area contributed by atoms with Gasteiger partial charge in [-0.05, 0) is 43.2 Å². The van der Waals surface area contributed by atoms with E-state index in [4.69, 9.17) is 0 Å². The summed E-state index contributed by atoms with van der Waals surface area (Å²) in [5.74, 6) is 0. The predicted molar refractivity (Wildman–Crippen MR) is 100.0 cm³/mol. The van der Waals surface area contributed by atoms with Crippen LogP contribution in [0, 0.1) is 13.8 Å². The monoisotopic (exact) mass is 346 g/mol. The lowest BCUT2D eigenvalue weighted by Gasteiger charge is -2.22. The van der Waals surface area contributed by atoms with Gasteiger partial charge in [0, 0.05) is 32.9 Å². The molecule has 0 fully saturated rings. The van der Waals surface area contributed by atoms with Crippen molar-refractivity contribution in [1.82, 2.24) is 4.31 Å². The normalized spacial score (nSPS) is 11.8. The summed E-state index contributed by atoms with van der Waals surface area (Å²) in [6, 6.07) is 13.4. The lowest BCUT2D eigenvalue weighted by Crippen LogP contribution is -2.31. The van der Waals surface area contributed by atoms with Gasteiger partial charge in [-0.15, -0.1) is 0 Å². The number of anilines is 1. The van der Waals surface area contributed by atoms with Gasteiger partial charge in [-0.2, -0.15) is 4.31 Å². The van der Waals surface area contributed by atoms with E-state index in [9.17, 15) is 8.42 Å². The summed E-state index contributed by atoms with van der Waals surface area (Å²) in [7, 11) is 0.468. The Hall–Kier alpha value is -1.85. The van der Waals surface area contributed by atoms with Crippen molar-refractivity contribution in [1.29, 1.82) is 0 Å². The van der Waals surface area contributed by atoms with E-state index in [1.165, 1.54) is 4.31 Å². The molecule has 0 atom stereocenters. The third-order valence-electron chi connectivity index (χ3n) is 4.11. The molecule has 4 nitrogen and oxygen atoms in total. The van der Waals surface area contributed by atoms with Crippen LogP contribution in [0.25, 0.3) is 0 Å². The van der Waals surface area contributed by atoms with Crippen LogP contribution in [0.2, 0.25) is 0 Å². The lowest BCUT2D eigenvalue weighted by atomic mass is 10.2. The Morgan fingerprint density at radius 3 is 2.08 bits per heavy atom. The van der Waals surface area contributed by atoms with Crippen LogP contribution < -0.4 is 4.90 Å². The highest BCUT2D eigenvalue weighted by molar-refractivity contribution is 7.89. The van der Waals surface area contributed by atoms with E-state index >= 15 is 0 Å². The third kappa shape index (κ3) is 3.97. The molecule has 2 aromatic rings. The van der Waals surface area contributed by atoms with Crippen molar-refractivity contribution in [2.45, 2.75) is 32.2 Å². The van der Waals surface area contributed by atoms with Crippen LogP contribution >= 0.6 is 0 Å². The number of aryl methyl sites for hydroxylation is 2. The molecule has 24 heavy (non-hydrogen) atoms. The second-order valence-corrected chi connectivity index (χ2v) is 8.17. The molecular formula is C19H26N2O2S. The van der Waals surface area contributed by atoms with E-state index in [1.54, 1.807) is 6.07 Å². The van der Waals surface area contributed by atoms with E-state index < -0.39 is 10.0 Å². The van der Waals surface area contributed by atoms with Gasteiger partial charge in [0.1, 0.15) is 0 Å². The van der Waals surface area contributed by atoms with Crippen LogP contribution in [0.15, 0.2) is 47.4 Å². The van der Waals surface area contributed by atoms with Gasteiger partial charge in [0.15, 0.2) is 0 Å². The van der Waals surface area contributed by atoms with Gasteiger partial charge in [-0.25, -0.2) is 8.42 Å². The first-order valence-corrected chi connectivity index (χ1v) is 9.53. The van der Waals surface area contributed by atoms with Gasteiger partial charge >= 0.3 is 0 Å². The van der Waals surface area contributed by atoms with Crippen LogP contribution in [0.1, 0.15) is 23.6 Å². The van der Waals surface area contributed by atoms with Crippen molar-refractivity contribution < 1.29 is 8.42 Å². The van der Waals surface area contributed by atoms with Crippen molar-refractivity contribution in [2.75, 3.05) is 25.5 Å². The Morgan fingerprint density at radius 2 is 1.58 bits per heavy atom. The molecule has 2 aromatic carbocycles. The Labute approximate surface area is 145 Å². The molecule has 0 aliphatic rings. The van der Waals surface area contributed by atoms with Crippen LogP contribution in [0.4, 0.5) is 5.69 Å². The standard InChI is InChI=1S/C19H26N2O2S/c1-6-21(14-17-8-10-18(11-9-17)20(4)5)24(22,23)19-12-7-15(2)13-16(19)3/h7-13H,6,14H2,1-5H3. The third-order valence-corrected chi connectivity index (χ3v) is 6.19. The molecular weight excluding hydrogens is 320 g/mol. The van der Waals surface area contributed by atoms with E-state index in [2.05, 4.69) is 0 Å². The fourth-order valence-electron chi connectivity index (χ4n) is 2.70. The van der Waals surface area contributed by atoms with Gasteiger partial charge < -0.3 is 4.90 Å². The topological polar surface area (TPSA) is 40.6 Å². The zero-order valence-electron chi connectivity index (χ0n) is 15.1.